The van der Waals surface area contributed by atoms with Crippen LogP contribution in [0.15, 0.2) is 36.5 Å². The molecule has 23 heavy (non-hydrogen) atoms. The molecular weight excluding hydrogens is 313 g/mol. The fourth-order valence-corrected chi connectivity index (χ4v) is 1.88. The number of rotatable bonds is 4. The lowest BCUT2D eigenvalue weighted by molar-refractivity contribution is -0.141. The van der Waals surface area contributed by atoms with E-state index in [1.165, 1.54) is 13.2 Å². The summed E-state index contributed by atoms with van der Waals surface area (Å²) in [4.78, 5) is 15.2. The van der Waals surface area contributed by atoms with E-state index in [-0.39, 0.29) is 12.2 Å². The number of aliphatic hydroxyl groups excluding tert-OH is 1. The van der Waals surface area contributed by atoms with E-state index in [1.54, 1.807) is 12.1 Å². The van der Waals surface area contributed by atoms with Gasteiger partial charge in [0.15, 0.2) is 0 Å². The van der Waals surface area contributed by atoms with Gasteiger partial charge in [-0.25, -0.2) is 0 Å². The Balaban J connectivity index is 2.16. The number of anilines is 1. The van der Waals surface area contributed by atoms with Crippen LogP contribution in [0.5, 0.6) is 5.75 Å². The first-order valence-corrected chi connectivity index (χ1v) is 6.47. The summed E-state index contributed by atoms with van der Waals surface area (Å²) >= 11 is 0. The highest BCUT2D eigenvalue weighted by Gasteiger charge is 2.32. The number of alkyl halides is 3. The van der Waals surface area contributed by atoms with Crippen molar-refractivity contribution in [3.05, 3.63) is 53.3 Å². The molecule has 1 aromatic heterocycles. The third-order valence-electron chi connectivity index (χ3n) is 3.02. The Morgan fingerprint density at radius 1 is 1.30 bits per heavy atom. The minimum Gasteiger partial charge on any atom is -0.496 e. The molecule has 1 heterocycles. The maximum absolute atomic E-state index is 12.4. The maximum Gasteiger partial charge on any atom is 0.433 e. The summed E-state index contributed by atoms with van der Waals surface area (Å²) in [7, 11) is 1.45. The Morgan fingerprint density at radius 2 is 2.04 bits per heavy atom. The van der Waals surface area contributed by atoms with Crippen molar-refractivity contribution in [3.63, 3.8) is 0 Å². The smallest absolute Gasteiger partial charge is 0.433 e. The highest BCUT2D eigenvalue weighted by Crippen LogP contribution is 2.27. The highest BCUT2D eigenvalue weighted by molar-refractivity contribution is 6.04. The Bertz CT molecular complexity index is 700. The first kappa shape index (κ1) is 16.8. The molecule has 5 nitrogen and oxygen atoms in total. The van der Waals surface area contributed by atoms with E-state index in [4.69, 9.17) is 4.74 Å². The van der Waals surface area contributed by atoms with Crippen molar-refractivity contribution in [2.75, 3.05) is 12.4 Å². The molecule has 0 bridgehead atoms. The SMILES string of the molecule is COc1ccc(NC(=O)c2ccc(C(F)(F)F)nc2)cc1CO. The number of carbonyl (C=O) groups is 1. The summed E-state index contributed by atoms with van der Waals surface area (Å²) in [6.45, 7) is -0.283. The lowest BCUT2D eigenvalue weighted by Gasteiger charge is -2.10. The van der Waals surface area contributed by atoms with Gasteiger partial charge < -0.3 is 15.2 Å². The number of hydrogen-bond donors (Lipinski definition) is 2. The van der Waals surface area contributed by atoms with Gasteiger partial charge in [0.05, 0.1) is 19.3 Å². The van der Waals surface area contributed by atoms with Crippen molar-refractivity contribution in [1.29, 1.82) is 0 Å². The van der Waals surface area contributed by atoms with Crippen LogP contribution in [0.4, 0.5) is 18.9 Å². The Labute approximate surface area is 129 Å². The number of benzene rings is 1. The number of halogens is 3. The molecule has 2 aromatic rings. The van der Waals surface area contributed by atoms with E-state index in [9.17, 15) is 23.1 Å². The topological polar surface area (TPSA) is 71.5 Å². The maximum atomic E-state index is 12.4. The van der Waals surface area contributed by atoms with E-state index in [1.807, 2.05) is 0 Å². The molecule has 0 saturated heterocycles. The van der Waals surface area contributed by atoms with Crippen LogP contribution in [0.3, 0.4) is 0 Å². The number of methoxy groups -OCH3 is 1. The number of aromatic nitrogens is 1. The van der Waals surface area contributed by atoms with Crippen molar-refractivity contribution in [1.82, 2.24) is 4.98 Å². The zero-order chi connectivity index (χ0) is 17.0. The van der Waals surface area contributed by atoms with Gasteiger partial charge in [-0.3, -0.25) is 9.78 Å². The Kier molecular flexibility index (Phi) is 4.85. The van der Waals surface area contributed by atoms with Gasteiger partial charge in [-0.05, 0) is 30.3 Å². The van der Waals surface area contributed by atoms with Crippen molar-refractivity contribution < 1.29 is 27.8 Å². The fourth-order valence-electron chi connectivity index (χ4n) is 1.88. The molecule has 122 valence electrons. The number of pyridine rings is 1. The average molecular weight is 326 g/mol. The van der Waals surface area contributed by atoms with Crippen LogP contribution in [0, 0.1) is 0 Å². The first-order valence-electron chi connectivity index (χ1n) is 6.47. The number of amides is 1. The predicted molar refractivity (Wildman–Crippen MR) is 76.1 cm³/mol. The number of nitrogens with zero attached hydrogens (tertiary/aromatic N) is 1. The number of nitrogens with one attached hydrogen (secondary N) is 1. The zero-order valence-corrected chi connectivity index (χ0v) is 12.0. The molecule has 2 rings (SSSR count). The summed E-state index contributed by atoms with van der Waals surface area (Å²) in [5, 5.41) is 11.7. The molecule has 0 spiro atoms. The Morgan fingerprint density at radius 3 is 2.57 bits per heavy atom. The summed E-state index contributed by atoms with van der Waals surface area (Å²) in [6, 6.07) is 6.40. The summed E-state index contributed by atoms with van der Waals surface area (Å²) in [5.41, 5.74) is -0.240. The van der Waals surface area contributed by atoms with Crippen molar-refractivity contribution in [2.45, 2.75) is 12.8 Å². The molecule has 0 fully saturated rings. The van der Waals surface area contributed by atoms with E-state index >= 15 is 0 Å². The summed E-state index contributed by atoms with van der Waals surface area (Å²) in [5.74, 6) is -0.151. The van der Waals surface area contributed by atoms with E-state index in [0.717, 1.165) is 18.3 Å². The van der Waals surface area contributed by atoms with Crippen LogP contribution >= 0.6 is 0 Å². The summed E-state index contributed by atoms with van der Waals surface area (Å²) in [6.07, 6.45) is -3.70. The summed E-state index contributed by atoms with van der Waals surface area (Å²) < 4.78 is 42.3. The molecule has 0 aliphatic carbocycles. The van der Waals surface area contributed by atoms with Gasteiger partial charge in [0.25, 0.3) is 5.91 Å². The second kappa shape index (κ2) is 6.66. The number of hydrogen-bond acceptors (Lipinski definition) is 4. The minimum absolute atomic E-state index is 0.0145. The fraction of sp³-hybridized carbons (Fsp3) is 0.200. The number of ether oxygens (including phenoxy) is 1. The second-order valence-corrected chi connectivity index (χ2v) is 4.57. The lowest BCUT2D eigenvalue weighted by atomic mass is 10.1. The quantitative estimate of drug-likeness (QED) is 0.906. The molecule has 1 amide bonds. The van der Waals surface area contributed by atoms with Crippen LogP contribution < -0.4 is 10.1 Å². The second-order valence-electron chi connectivity index (χ2n) is 4.57. The van der Waals surface area contributed by atoms with Gasteiger partial charge in [-0.1, -0.05) is 0 Å². The van der Waals surface area contributed by atoms with Crippen LogP contribution in [0.2, 0.25) is 0 Å². The van der Waals surface area contributed by atoms with Crippen molar-refractivity contribution in [2.24, 2.45) is 0 Å². The van der Waals surface area contributed by atoms with Gasteiger partial charge in [0.2, 0.25) is 0 Å². The average Bonchev–Trinajstić information content (AvgIpc) is 2.54. The highest BCUT2D eigenvalue weighted by atomic mass is 19.4. The molecule has 0 saturated carbocycles. The molecule has 2 N–H and O–H groups in total. The molecule has 0 radical (unpaired) electrons. The number of aliphatic hydroxyl groups is 1. The minimum atomic E-state index is -4.55. The third kappa shape index (κ3) is 3.98. The van der Waals surface area contributed by atoms with Crippen molar-refractivity contribution in [3.8, 4) is 5.75 Å². The molecule has 1 aromatic carbocycles. The normalized spacial score (nSPS) is 11.2. The van der Waals surface area contributed by atoms with Crippen LogP contribution in [-0.2, 0) is 12.8 Å². The van der Waals surface area contributed by atoms with Crippen LogP contribution in [0.25, 0.3) is 0 Å². The monoisotopic (exact) mass is 326 g/mol. The zero-order valence-electron chi connectivity index (χ0n) is 12.0. The van der Waals surface area contributed by atoms with Gasteiger partial charge >= 0.3 is 6.18 Å². The van der Waals surface area contributed by atoms with E-state index < -0.39 is 17.8 Å². The van der Waals surface area contributed by atoms with Crippen LogP contribution in [0.1, 0.15) is 21.6 Å². The predicted octanol–water partition coefficient (Wildman–Crippen LogP) is 2.85. The molecule has 0 unspecified atom stereocenters. The molecule has 8 heteroatoms. The van der Waals surface area contributed by atoms with E-state index in [0.29, 0.717) is 17.0 Å². The Hall–Kier alpha value is -2.61. The number of carbonyl (C=O) groups excluding carboxylic acids is 1. The molecule has 0 aliphatic rings. The van der Waals surface area contributed by atoms with Crippen molar-refractivity contribution >= 4 is 11.6 Å². The molecular formula is C15H13F3N2O3. The standard InChI is InChI=1S/C15H13F3N2O3/c1-23-12-4-3-11(6-10(12)8-21)20-14(22)9-2-5-13(19-7-9)15(16,17)18/h2-7,21H,8H2,1H3,(H,20,22). The third-order valence-corrected chi connectivity index (χ3v) is 3.02. The van der Waals surface area contributed by atoms with Crippen LogP contribution in [-0.4, -0.2) is 23.1 Å². The first-order chi connectivity index (χ1) is 10.8. The largest absolute Gasteiger partial charge is 0.496 e. The van der Waals surface area contributed by atoms with Gasteiger partial charge in [-0.2, -0.15) is 13.2 Å². The van der Waals surface area contributed by atoms with Gasteiger partial charge in [0.1, 0.15) is 11.4 Å². The van der Waals surface area contributed by atoms with Gasteiger partial charge in [0, 0.05) is 17.4 Å². The molecule has 0 aliphatic heterocycles. The lowest BCUT2D eigenvalue weighted by Crippen LogP contribution is -2.14. The van der Waals surface area contributed by atoms with E-state index in [2.05, 4.69) is 10.3 Å². The molecule has 0 atom stereocenters. The van der Waals surface area contributed by atoms with Gasteiger partial charge in [-0.15, -0.1) is 0 Å².